The van der Waals surface area contributed by atoms with E-state index in [1.165, 1.54) is 25.7 Å². The molecule has 1 saturated carbocycles. The number of para-hydroxylation sites is 2. The van der Waals surface area contributed by atoms with E-state index in [1.807, 2.05) is 67.6 Å². The molecule has 2 fully saturated rings. The van der Waals surface area contributed by atoms with Crippen LogP contribution in [0.3, 0.4) is 0 Å². The van der Waals surface area contributed by atoms with Crippen molar-refractivity contribution in [3.63, 3.8) is 0 Å². The third-order valence-corrected chi connectivity index (χ3v) is 23.8. The van der Waals surface area contributed by atoms with E-state index in [2.05, 4.69) is 61.4 Å². The van der Waals surface area contributed by atoms with Gasteiger partial charge < -0.3 is 74.3 Å². The van der Waals surface area contributed by atoms with E-state index in [0.29, 0.717) is 133 Å². The molecule has 31 heteroatoms. The second kappa shape index (κ2) is 29.8. The van der Waals surface area contributed by atoms with Gasteiger partial charge in [-0.1, -0.05) is 71.2 Å². The Hall–Kier alpha value is -8.50. The highest BCUT2D eigenvalue weighted by atomic mass is 35.5. The number of nitrogens with zero attached hydrogens (tertiary/aromatic N) is 9. The van der Waals surface area contributed by atoms with Crippen molar-refractivity contribution in [2.75, 3.05) is 125 Å². The smallest absolute Gasteiger partial charge is 0.256 e. The number of β-amino-alcohol motifs (C(OH)–C–C–N with tert-alkyl or cyclic N) is 1. The summed E-state index contributed by atoms with van der Waals surface area (Å²) < 4.78 is 79.9. The van der Waals surface area contributed by atoms with Crippen LogP contribution in [0.2, 0.25) is 15.1 Å². The topological polar surface area (TPSA) is 298 Å². The summed E-state index contributed by atoms with van der Waals surface area (Å²) >= 11 is 19.1. The van der Waals surface area contributed by atoms with Gasteiger partial charge in [-0.25, -0.2) is 23.4 Å². The average Bonchev–Trinajstić information content (AvgIpc) is 1.76. The van der Waals surface area contributed by atoms with Crippen molar-refractivity contribution in [1.82, 2.24) is 34.8 Å². The molecule has 5 heterocycles. The maximum absolute atomic E-state index is 13.0. The van der Waals surface area contributed by atoms with Crippen LogP contribution in [-0.2, 0) is 30.1 Å². The van der Waals surface area contributed by atoms with Crippen LogP contribution in [0.15, 0.2) is 145 Å². The Bertz CT molecular complexity index is 4820. The van der Waals surface area contributed by atoms with Crippen molar-refractivity contribution in [2.24, 2.45) is 0 Å². The Kier molecular flexibility index (Phi) is 22.0. The van der Waals surface area contributed by atoms with E-state index in [9.17, 15) is 32.0 Å². The first-order chi connectivity index (χ1) is 46.7. The zero-order valence-electron chi connectivity index (χ0n) is 56.4. The van der Waals surface area contributed by atoms with Gasteiger partial charge in [0.1, 0.15) is 53.7 Å². The molecule has 520 valence electrons. The molecule has 3 aliphatic rings. The summed E-state index contributed by atoms with van der Waals surface area (Å²) in [4.78, 5) is 44.5. The summed E-state index contributed by atoms with van der Waals surface area (Å²) in [6, 6.07) is 36.1. The quantitative estimate of drug-likeness (QED) is 0.0364. The molecule has 3 aromatic heterocycles. The number of amides is 1. The highest BCUT2D eigenvalue weighted by Gasteiger charge is 2.39. The molecule has 1 saturated heterocycles. The number of aliphatic hydroxyl groups is 1. The molecule has 0 atom stereocenters. The largest absolute Gasteiger partial charge is 0.495 e. The second-order valence-electron chi connectivity index (χ2n) is 25.1. The standard InChI is InChI=1S/C23H27ClN5O3P.C23H26ClN4O4PS.C22H23ClN5O3P/c1-23(30)13-29(14-23)15-9-10-17(19(11-15)32-2)27-22-25-12-16(24)21(28-22)26-18-7-5-6-8-20(18)33(3,4)31;1-28(19-7-5-6-8-21(19)34(30,31)16-10-11-16)22-17(24)14-25-23(27-22)26-18-12-9-15(33(3,4)29)13-20(18)32-2;1-28-12-13-6-5-7-17(19(13)21(28)29)25-20-15(23)11-24-22(27-20)26-16-9-8-14(32(3,4)30)10-18(16)31-2/h5-12,30H,13-14H2,1-4H3,(H2,25,26,27,28);5-9,12-14,16H,10-11H2,1-4H3,(H,25,26,27);5-11H,12H2,1-4H3,(H2,24,25,26,27). The lowest BCUT2D eigenvalue weighted by Gasteiger charge is -2.45. The molecular formula is C68H76Cl3N14O10P3S. The number of aromatic nitrogens is 6. The molecule has 0 bridgehead atoms. The summed E-state index contributed by atoms with van der Waals surface area (Å²) in [5.74, 6) is 3.55. The van der Waals surface area contributed by atoms with Gasteiger partial charge in [-0.3, -0.25) is 4.79 Å². The predicted molar refractivity (Wildman–Crippen MR) is 400 cm³/mol. The van der Waals surface area contributed by atoms with Crippen LogP contribution < -0.4 is 66.5 Å². The van der Waals surface area contributed by atoms with Crippen LogP contribution in [0.25, 0.3) is 0 Å². The fourth-order valence-corrected chi connectivity index (χ4v) is 16.0. The maximum atomic E-state index is 13.0. The summed E-state index contributed by atoms with van der Waals surface area (Å²) in [5.41, 5.74) is 5.56. The Labute approximate surface area is 590 Å². The van der Waals surface area contributed by atoms with Crippen LogP contribution >= 0.6 is 56.2 Å². The first-order valence-corrected chi connectivity index (χ1v) is 41.4. The third kappa shape index (κ3) is 17.4. The molecule has 2 aliphatic heterocycles. The van der Waals surface area contributed by atoms with Crippen molar-refractivity contribution < 1.29 is 46.2 Å². The molecular weight excluding hydrogens is 1400 g/mol. The van der Waals surface area contributed by atoms with E-state index in [4.69, 9.17) is 49.0 Å². The zero-order valence-corrected chi connectivity index (χ0v) is 62.2. The Morgan fingerprint density at radius 1 is 0.586 bits per heavy atom. The maximum Gasteiger partial charge on any atom is 0.256 e. The van der Waals surface area contributed by atoms with E-state index in [1.54, 1.807) is 139 Å². The second-order valence-corrected chi connectivity index (χ2v) is 38.2. The SMILES string of the molecule is COc1cc(N2CC(C)(O)C2)ccc1Nc1ncc(Cl)c(Nc2ccccc2P(C)(C)=O)n1.COc1cc(P(C)(C)=O)ccc1Nc1ncc(Cl)c(N(C)c2ccccc2S(=O)(=O)C2CC2)n1.COc1cc(P(C)(C)=O)ccc1Nc1ncc(Cl)c(Nc2cccc3c2C(=O)N(C)C3)n1. The molecule has 6 N–H and O–H groups in total. The van der Waals surface area contributed by atoms with Crippen LogP contribution in [0.1, 0.15) is 35.7 Å². The summed E-state index contributed by atoms with van der Waals surface area (Å²) in [6.07, 6.45) is 5.78. The van der Waals surface area contributed by atoms with Gasteiger partial charge in [-0.2, -0.15) is 15.0 Å². The molecule has 99 heavy (non-hydrogen) atoms. The number of carbonyl (C=O) groups excluding carboxylic acids is 1. The third-order valence-electron chi connectivity index (χ3n) is 16.1. The predicted octanol–water partition coefficient (Wildman–Crippen LogP) is 13.7. The minimum atomic E-state index is -3.43. The number of hydrogen-bond acceptors (Lipinski definition) is 23. The van der Waals surface area contributed by atoms with Crippen molar-refractivity contribution >= 4 is 163 Å². The lowest BCUT2D eigenvalue weighted by atomic mass is 9.96. The van der Waals surface area contributed by atoms with Crippen molar-refractivity contribution in [3.05, 3.63) is 166 Å². The van der Waals surface area contributed by atoms with E-state index in [-0.39, 0.29) is 33.0 Å². The summed E-state index contributed by atoms with van der Waals surface area (Å²) in [6.45, 7) is 13.8. The number of hydrogen-bond donors (Lipinski definition) is 6. The number of halogens is 3. The molecule has 0 spiro atoms. The van der Waals surface area contributed by atoms with Crippen LogP contribution in [-0.4, -0.2) is 154 Å². The number of methoxy groups -OCH3 is 3. The monoisotopic (exact) mass is 1480 g/mol. The van der Waals surface area contributed by atoms with Crippen molar-refractivity contribution in [1.29, 1.82) is 0 Å². The Morgan fingerprint density at radius 3 is 1.58 bits per heavy atom. The molecule has 0 unspecified atom stereocenters. The number of carbonyl (C=O) groups is 1. The molecule has 1 amide bonds. The molecule has 6 aromatic carbocycles. The fourth-order valence-electron chi connectivity index (χ4n) is 10.8. The molecule has 1 aliphatic carbocycles. The van der Waals surface area contributed by atoms with Crippen LogP contribution in [0.4, 0.5) is 75.1 Å². The van der Waals surface area contributed by atoms with E-state index in [0.717, 1.165) is 16.6 Å². The number of benzene rings is 6. The number of anilines is 13. The van der Waals surface area contributed by atoms with Crippen LogP contribution in [0.5, 0.6) is 17.2 Å². The first-order valence-electron chi connectivity index (χ1n) is 30.9. The van der Waals surface area contributed by atoms with Crippen molar-refractivity contribution in [2.45, 2.75) is 42.1 Å². The minimum absolute atomic E-state index is 0.0550. The number of fused-ring (bicyclic) bond motifs is 1. The highest BCUT2D eigenvalue weighted by molar-refractivity contribution is 7.92. The number of ether oxygens (including phenoxy) is 3. The van der Waals surface area contributed by atoms with E-state index >= 15 is 0 Å². The number of nitrogens with one attached hydrogen (secondary N) is 5. The first kappa shape index (κ1) is 73.2. The van der Waals surface area contributed by atoms with Crippen molar-refractivity contribution in [3.8, 4) is 17.2 Å². The molecule has 12 rings (SSSR count). The fraction of sp³-hybridized carbons (Fsp3) is 0.279. The number of sulfone groups is 1. The van der Waals surface area contributed by atoms with Gasteiger partial charge in [0, 0.05) is 61.4 Å². The summed E-state index contributed by atoms with van der Waals surface area (Å²) in [5, 5.41) is 28.5. The zero-order chi connectivity index (χ0) is 71.5. The molecule has 0 radical (unpaired) electrons. The van der Waals surface area contributed by atoms with Gasteiger partial charge in [0.25, 0.3) is 5.91 Å². The van der Waals surface area contributed by atoms with Gasteiger partial charge in [0.05, 0.1) is 95.4 Å². The minimum Gasteiger partial charge on any atom is -0.495 e. The number of rotatable bonds is 21. The van der Waals surface area contributed by atoms with Crippen LogP contribution in [0, 0.1) is 0 Å². The Balaban J connectivity index is 0.000000161. The molecule has 24 nitrogen and oxygen atoms in total. The Morgan fingerprint density at radius 2 is 1.06 bits per heavy atom. The highest BCUT2D eigenvalue weighted by Crippen LogP contribution is 2.44. The van der Waals surface area contributed by atoms with E-state index < -0.39 is 36.9 Å². The van der Waals surface area contributed by atoms with Gasteiger partial charge in [-0.05, 0) is 144 Å². The summed E-state index contributed by atoms with van der Waals surface area (Å²) in [7, 11) is -2.67. The average molecular weight is 1480 g/mol. The normalized spacial score (nSPS) is 14.1. The lowest BCUT2D eigenvalue weighted by Crippen LogP contribution is -2.60. The molecule has 9 aromatic rings. The van der Waals surface area contributed by atoms with Gasteiger partial charge in [-0.15, -0.1) is 0 Å². The van der Waals surface area contributed by atoms with Gasteiger partial charge in [0.15, 0.2) is 27.3 Å². The van der Waals surface area contributed by atoms with Gasteiger partial charge >= 0.3 is 0 Å². The van der Waals surface area contributed by atoms with Gasteiger partial charge in [0.2, 0.25) is 17.8 Å². The lowest BCUT2D eigenvalue weighted by molar-refractivity contribution is 0.0310.